The van der Waals surface area contributed by atoms with Crippen LogP contribution in [0.5, 0.6) is 0 Å². The van der Waals surface area contributed by atoms with Crippen molar-refractivity contribution >= 4 is 22.5 Å². The highest BCUT2D eigenvalue weighted by molar-refractivity contribution is 5.92. The molecule has 6 nitrogen and oxygen atoms in total. The molecule has 0 bridgehead atoms. The van der Waals surface area contributed by atoms with Gasteiger partial charge in [-0.1, -0.05) is 36.4 Å². The fourth-order valence-corrected chi connectivity index (χ4v) is 3.53. The molecule has 2 heterocycles. The summed E-state index contributed by atoms with van der Waals surface area (Å²) in [6.45, 7) is 3.78. The Hall–Kier alpha value is -3.51. The van der Waals surface area contributed by atoms with Crippen molar-refractivity contribution in [3.05, 3.63) is 90.1 Å². The third-order valence-corrected chi connectivity index (χ3v) is 4.91. The molecule has 4 rings (SSSR count). The Bertz CT molecular complexity index is 1150. The fraction of sp³-hybridized carbons (Fsp3) is 0.208. The van der Waals surface area contributed by atoms with Gasteiger partial charge < -0.3 is 9.88 Å². The first kappa shape index (κ1) is 19.8. The topological polar surface area (TPSA) is 63.1 Å². The maximum absolute atomic E-state index is 11.2. The van der Waals surface area contributed by atoms with Gasteiger partial charge in [0.2, 0.25) is 5.91 Å². The smallest absolute Gasteiger partial charge is 0.221 e. The van der Waals surface area contributed by atoms with E-state index in [1.165, 1.54) is 12.5 Å². The summed E-state index contributed by atoms with van der Waals surface area (Å²) in [5.74, 6) is 0.952. The number of imidazole rings is 1. The number of nitrogens with one attached hydrogen (secondary N) is 1. The molecule has 2 aromatic carbocycles. The molecule has 0 saturated carbocycles. The molecule has 0 aliphatic carbocycles. The zero-order valence-corrected chi connectivity index (χ0v) is 17.2. The van der Waals surface area contributed by atoms with Crippen LogP contribution in [-0.4, -0.2) is 32.4 Å². The van der Waals surface area contributed by atoms with Crippen molar-refractivity contribution in [3.8, 4) is 0 Å². The lowest BCUT2D eigenvalue weighted by Gasteiger charge is -2.17. The van der Waals surface area contributed by atoms with Crippen LogP contribution in [0, 0.1) is 0 Å². The maximum Gasteiger partial charge on any atom is 0.221 e. The largest absolute Gasteiger partial charge is 0.329 e. The van der Waals surface area contributed by atoms with E-state index in [4.69, 9.17) is 4.98 Å². The Morgan fingerprint density at radius 3 is 2.70 bits per heavy atom. The van der Waals surface area contributed by atoms with E-state index >= 15 is 0 Å². The number of carbonyl (C=O) groups excluding carboxylic acids is 1. The van der Waals surface area contributed by atoms with Crippen LogP contribution in [0.1, 0.15) is 24.0 Å². The molecule has 0 atom stereocenters. The van der Waals surface area contributed by atoms with Crippen LogP contribution in [-0.2, 0) is 24.4 Å². The van der Waals surface area contributed by atoms with Gasteiger partial charge in [0.05, 0.1) is 17.8 Å². The number of hydrogen-bond acceptors (Lipinski definition) is 4. The summed E-state index contributed by atoms with van der Waals surface area (Å²) in [5.41, 5.74) is 3.96. The van der Waals surface area contributed by atoms with Gasteiger partial charge in [0.25, 0.3) is 0 Å². The maximum atomic E-state index is 11.2. The number of hydrogen-bond donors (Lipinski definition) is 1. The highest BCUT2D eigenvalue weighted by Crippen LogP contribution is 2.19. The lowest BCUT2D eigenvalue weighted by Crippen LogP contribution is -2.21. The van der Waals surface area contributed by atoms with Gasteiger partial charge in [0, 0.05) is 43.5 Å². The molecular weight excluding hydrogens is 374 g/mol. The third-order valence-electron chi connectivity index (χ3n) is 4.91. The van der Waals surface area contributed by atoms with Gasteiger partial charge in [0.15, 0.2) is 0 Å². The second-order valence-electron chi connectivity index (χ2n) is 7.52. The lowest BCUT2D eigenvalue weighted by atomic mass is 10.1. The first-order valence-electron chi connectivity index (χ1n) is 9.96. The summed E-state index contributed by atoms with van der Waals surface area (Å²) in [6.07, 6.45) is 3.88. The van der Waals surface area contributed by atoms with E-state index < -0.39 is 0 Å². The first-order valence-corrected chi connectivity index (χ1v) is 9.96. The number of pyridine rings is 1. The Kier molecular flexibility index (Phi) is 5.86. The number of carbonyl (C=O) groups is 1. The van der Waals surface area contributed by atoms with Crippen LogP contribution in [0.25, 0.3) is 10.9 Å². The predicted molar refractivity (Wildman–Crippen MR) is 119 cm³/mol. The van der Waals surface area contributed by atoms with Gasteiger partial charge in [-0.3, -0.25) is 14.7 Å². The molecule has 2 aromatic heterocycles. The highest BCUT2D eigenvalue weighted by atomic mass is 16.1. The number of aromatic nitrogens is 3. The highest BCUT2D eigenvalue weighted by Gasteiger charge is 2.09. The number of benzene rings is 2. The summed E-state index contributed by atoms with van der Waals surface area (Å²) in [4.78, 5) is 22.8. The normalized spacial score (nSPS) is 11.2. The molecule has 0 fully saturated rings. The predicted octanol–water partition coefficient (Wildman–Crippen LogP) is 4.07. The molecule has 152 valence electrons. The molecule has 0 aliphatic heterocycles. The lowest BCUT2D eigenvalue weighted by molar-refractivity contribution is -0.114. The first-order chi connectivity index (χ1) is 14.6. The second kappa shape index (κ2) is 8.88. The minimum absolute atomic E-state index is 0.0776. The van der Waals surface area contributed by atoms with E-state index in [2.05, 4.69) is 51.1 Å². The van der Waals surface area contributed by atoms with Crippen LogP contribution < -0.4 is 5.32 Å². The number of nitrogens with zero attached hydrogens (tertiary/aromatic N) is 4. The molecule has 1 N–H and O–H groups in total. The molecule has 0 unspecified atom stereocenters. The van der Waals surface area contributed by atoms with Gasteiger partial charge in [-0.05, 0) is 36.9 Å². The van der Waals surface area contributed by atoms with E-state index in [-0.39, 0.29) is 5.91 Å². The summed E-state index contributed by atoms with van der Waals surface area (Å²) in [7, 11) is 2.08. The van der Waals surface area contributed by atoms with Crippen LogP contribution in [0.3, 0.4) is 0 Å². The van der Waals surface area contributed by atoms with E-state index in [9.17, 15) is 4.79 Å². The van der Waals surface area contributed by atoms with Crippen molar-refractivity contribution in [2.45, 2.75) is 26.6 Å². The molecule has 0 spiro atoms. The van der Waals surface area contributed by atoms with Crippen molar-refractivity contribution in [2.75, 3.05) is 12.4 Å². The average Bonchev–Trinajstić information content (AvgIpc) is 3.14. The molecule has 0 radical (unpaired) electrons. The van der Waals surface area contributed by atoms with Crippen molar-refractivity contribution < 1.29 is 4.79 Å². The van der Waals surface area contributed by atoms with Crippen LogP contribution >= 0.6 is 0 Å². The van der Waals surface area contributed by atoms with E-state index in [0.717, 1.165) is 47.7 Å². The molecule has 0 saturated heterocycles. The molecule has 4 aromatic rings. The Morgan fingerprint density at radius 1 is 1.07 bits per heavy atom. The molecule has 0 aliphatic rings. The molecule has 1 amide bonds. The van der Waals surface area contributed by atoms with Crippen LogP contribution in [0.2, 0.25) is 0 Å². The van der Waals surface area contributed by atoms with Crippen molar-refractivity contribution in [1.29, 1.82) is 0 Å². The van der Waals surface area contributed by atoms with Crippen LogP contribution in [0.15, 0.2) is 73.1 Å². The Balaban J connectivity index is 1.43. The Labute approximate surface area is 176 Å². The van der Waals surface area contributed by atoms with E-state index in [1.807, 2.05) is 48.8 Å². The number of amides is 1. The zero-order chi connectivity index (χ0) is 20.9. The van der Waals surface area contributed by atoms with E-state index in [1.54, 1.807) is 0 Å². The van der Waals surface area contributed by atoms with Gasteiger partial charge in [-0.2, -0.15) is 0 Å². The number of anilines is 1. The monoisotopic (exact) mass is 399 g/mol. The summed E-state index contributed by atoms with van der Waals surface area (Å²) in [5, 5.41) is 3.81. The van der Waals surface area contributed by atoms with Gasteiger partial charge in [-0.15, -0.1) is 0 Å². The molecule has 6 heteroatoms. The van der Waals surface area contributed by atoms with E-state index in [0.29, 0.717) is 0 Å². The van der Waals surface area contributed by atoms with Gasteiger partial charge in [0.1, 0.15) is 5.82 Å². The number of rotatable bonds is 7. The van der Waals surface area contributed by atoms with Crippen molar-refractivity contribution in [2.24, 2.45) is 0 Å². The van der Waals surface area contributed by atoms with Crippen LogP contribution in [0.4, 0.5) is 5.69 Å². The minimum Gasteiger partial charge on any atom is -0.329 e. The third kappa shape index (κ3) is 4.90. The minimum atomic E-state index is -0.0776. The number of fused-ring (bicyclic) bond motifs is 1. The summed E-state index contributed by atoms with van der Waals surface area (Å²) in [6, 6.07) is 20.3. The van der Waals surface area contributed by atoms with Gasteiger partial charge in [-0.25, -0.2) is 4.98 Å². The quantitative estimate of drug-likeness (QED) is 0.509. The molecule has 30 heavy (non-hydrogen) atoms. The van der Waals surface area contributed by atoms with Crippen molar-refractivity contribution in [1.82, 2.24) is 19.4 Å². The Morgan fingerprint density at radius 2 is 1.90 bits per heavy atom. The molecular formula is C24H25N5O. The summed E-state index contributed by atoms with van der Waals surface area (Å²) < 4.78 is 2.18. The fourth-order valence-electron chi connectivity index (χ4n) is 3.53. The average molecular weight is 399 g/mol. The standard InChI is InChI=1S/C24H25N5O/c1-18(30)26-21-10-11-23-20(14-21)8-9-22(27-23)16-28(2)17-24-25-12-13-29(24)15-19-6-4-3-5-7-19/h3-14H,15-17H2,1-2H3,(H,26,30). The zero-order valence-electron chi connectivity index (χ0n) is 17.2. The van der Waals surface area contributed by atoms with Gasteiger partial charge >= 0.3 is 0 Å². The SMILES string of the molecule is CC(=O)Nc1ccc2nc(CN(C)Cc3nccn3Cc3ccccc3)ccc2c1. The summed E-state index contributed by atoms with van der Waals surface area (Å²) >= 11 is 0. The second-order valence-corrected chi connectivity index (χ2v) is 7.52. The van der Waals surface area contributed by atoms with Crippen molar-refractivity contribution in [3.63, 3.8) is 0 Å².